The molecule has 1 aromatic heterocycles. The number of hydrogen-bond donors (Lipinski definition) is 2. The van der Waals surface area contributed by atoms with Gasteiger partial charge in [0.2, 0.25) is 5.91 Å². The van der Waals surface area contributed by atoms with Gasteiger partial charge in [0.1, 0.15) is 0 Å². The van der Waals surface area contributed by atoms with E-state index in [1.165, 1.54) is 0 Å². The second-order valence-corrected chi connectivity index (χ2v) is 5.02. The quantitative estimate of drug-likeness (QED) is 0.785. The van der Waals surface area contributed by atoms with Crippen molar-refractivity contribution in [2.45, 2.75) is 13.0 Å². The Morgan fingerprint density at radius 1 is 1.24 bits per heavy atom. The van der Waals surface area contributed by atoms with Crippen LogP contribution in [0.25, 0.3) is 0 Å². The summed E-state index contributed by atoms with van der Waals surface area (Å²) >= 11 is 0. The molecule has 0 unspecified atom stereocenters. The van der Waals surface area contributed by atoms with Crippen LogP contribution in [0.3, 0.4) is 0 Å². The Bertz CT molecular complexity index is 472. The van der Waals surface area contributed by atoms with E-state index in [2.05, 4.69) is 15.2 Å². The maximum absolute atomic E-state index is 11.9. The molecule has 1 aliphatic rings. The Balaban J connectivity index is 1.70. The van der Waals surface area contributed by atoms with Crippen LogP contribution in [-0.2, 0) is 11.3 Å². The number of piperazine rings is 1. The van der Waals surface area contributed by atoms with Gasteiger partial charge in [-0.3, -0.25) is 14.7 Å². The van der Waals surface area contributed by atoms with Gasteiger partial charge in [0.05, 0.1) is 5.69 Å². The van der Waals surface area contributed by atoms with Crippen molar-refractivity contribution in [3.05, 3.63) is 30.1 Å². The van der Waals surface area contributed by atoms with E-state index < -0.39 is 6.03 Å². The SMILES string of the molecule is NC(=O)NCCC(=O)N1CCN(Cc2ccccn2)CC1. The van der Waals surface area contributed by atoms with Gasteiger partial charge < -0.3 is 16.0 Å². The molecule has 1 aliphatic heterocycles. The van der Waals surface area contributed by atoms with Crippen molar-refractivity contribution in [3.8, 4) is 0 Å². The van der Waals surface area contributed by atoms with Gasteiger partial charge in [0, 0.05) is 51.9 Å². The number of nitrogens with two attached hydrogens (primary N) is 1. The van der Waals surface area contributed by atoms with Crippen LogP contribution in [-0.4, -0.2) is 59.4 Å². The van der Waals surface area contributed by atoms with Crippen LogP contribution >= 0.6 is 0 Å². The lowest BCUT2D eigenvalue weighted by molar-refractivity contribution is -0.132. The lowest BCUT2D eigenvalue weighted by Gasteiger charge is -2.34. The highest BCUT2D eigenvalue weighted by Gasteiger charge is 2.20. The highest BCUT2D eigenvalue weighted by atomic mass is 16.2. The molecule has 1 aromatic rings. The normalized spacial score (nSPS) is 15.7. The molecule has 2 rings (SSSR count). The number of amides is 3. The van der Waals surface area contributed by atoms with E-state index in [1.807, 2.05) is 23.1 Å². The van der Waals surface area contributed by atoms with Crippen molar-refractivity contribution in [2.75, 3.05) is 32.7 Å². The number of pyridine rings is 1. The summed E-state index contributed by atoms with van der Waals surface area (Å²) in [4.78, 5) is 30.9. The van der Waals surface area contributed by atoms with Gasteiger partial charge in [0.25, 0.3) is 0 Å². The third kappa shape index (κ3) is 5.03. The molecule has 0 atom stereocenters. The van der Waals surface area contributed by atoms with Gasteiger partial charge >= 0.3 is 6.03 Å². The Hall–Kier alpha value is -2.15. The minimum Gasteiger partial charge on any atom is -0.352 e. The third-order valence-electron chi connectivity index (χ3n) is 3.47. The molecule has 7 heteroatoms. The van der Waals surface area contributed by atoms with Gasteiger partial charge in [-0.1, -0.05) is 6.07 Å². The van der Waals surface area contributed by atoms with Crippen LogP contribution in [0.15, 0.2) is 24.4 Å². The molecule has 0 aromatic carbocycles. The van der Waals surface area contributed by atoms with Crippen molar-refractivity contribution >= 4 is 11.9 Å². The molecule has 0 bridgehead atoms. The molecule has 0 aliphatic carbocycles. The third-order valence-corrected chi connectivity index (χ3v) is 3.47. The fourth-order valence-electron chi connectivity index (χ4n) is 2.33. The smallest absolute Gasteiger partial charge is 0.312 e. The average Bonchev–Trinajstić information content (AvgIpc) is 2.48. The van der Waals surface area contributed by atoms with E-state index >= 15 is 0 Å². The molecular formula is C14H21N5O2. The fraction of sp³-hybridized carbons (Fsp3) is 0.500. The maximum Gasteiger partial charge on any atom is 0.312 e. The van der Waals surface area contributed by atoms with E-state index in [0.717, 1.165) is 25.3 Å². The first kappa shape index (κ1) is 15.2. The van der Waals surface area contributed by atoms with Crippen molar-refractivity contribution in [1.82, 2.24) is 20.1 Å². The van der Waals surface area contributed by atoms with Crippen LogP contribution in [0.2, 0.25) is 0 Å². The molecule has 1 saturated heterocycles. The van der Waals surface area contributed by atoms with E-state index in [-0.39, 0.29) is 5.91 Å². The first-order valence-electron chi connectivity index (χ1n) is 7.08. The standard InChI is InChI=1S/C14H21N5O2/c15-14(21)17-6-4-13(20)19-9-7-18(8-10-19)11-12-3-1-2-5-16-12/h1-3,5H,4,6-11H2,(H3,15,17,21). The van der Waals surface area contributed by atoms with Crippen LogP contribution in [0.1, 0.15) is 12.1 Å². The average molecular weight is 291 g/mol. The van der Waals surface area contributed by atoms with Gasteiger partial charge in [-0.2, -0.15) is 0 Å². The Morgan fingerprint density at radius 2 is 2.00 bits per heavy atom. The Morgan fingerprint density at radius 3 is 2.62 bits per heavy atom. The molecule has 0 spiro atoms. The molecule has 0 saturated carbocycles. The number of hydrogen-bond acceptors (Lipinski definition) is 4. The lowest BCUT2D eigenvalue weighted by Crippen LogP contribution is -2.49. The molecular weight excluding hydrogens is 270 g/mol. The van der Waals surface area contributed by atoms with Crippen molar-refractivity contribution in [3.63, 3.8) is 0 Å². The summed E-state index contributed by atoms with van der Waals surface area (Å²) in [6.45, 7) is 4.20. The van der Waals surface area contributed by atoms with E-state index in [4.69, 9.17) is 5.73 Å². The summed E-state index contributed by atoms with van der Waals surface area (Å²) in [6, 6.07) is 5.30. The second kappa shape index (κ2) is 7.58. The molecule has 1 fully saturated rings. The van der Waals surface area contributed by atoms with Crippen LogP contribution in [0, 0.1) is 0 Å². The van der Waals surface area contributed by atoms with Gasteiger partial charge in [-0.05, 0) is 12.1 Å². The highest BCUT2D eigenvalue weighted by Crippen LogP contribution is 2.07. The number of carbonyl (C=O) groups is 2. The number of nitrogens with one attached hydrogen (secondary N) is 1. The topological polar surface area (TPSA) is 91.6 Å². The first-order valence-corrected chi connectivity index (χ1v) is 7.08. The predicted molar refractivity (Wildman–Crippen MR) is 78.3 cm³/mol. The van der Waals surface area contributed by atoms with Crippen molar-refractivity contribution in [2.24, 2.45) is 5.73 Å². The van der Waals surface area contributed by atoms with Crippen molar-refractivity contribution in [1.29, 1.82) is 0 Å². The summed E-state index contributed by atoms with van der Waals surface area (Å²) < 4.78 is 0. The number of aromatic nitrogens is 1. The molecule has 114 valence electrons. The number of urea groups is 1. The summed E-state index contributed by atoms with van der Waals surface area (Å²) in [5, 5.41) is 2.43. The highest BCUT2D eigenvalue weighted by molar-refractivity contribution is 5.77. The van der Waals surface area contributed by atoms with Crippen LogP contribution in [0.5, 0.6) is 0 Å². The summed E-state index contributed by atoms with van der Waals surface area (Å²) in [5.74, 6) is 0.0567. The maximum atomic E-state index is 11.9. The molecule has 7 nitrogen and oxygen atoms in total. The summed E-state index contributed by atoms with van der Waals surface area (Å²) in [7, 11) is 0. The first-order chi connectivity index (χ1) is 10.1. The zero-order valence-electron chi connectivity index (χ0n) is 12.0. The lowest BCUT2D eigenvalue weighted by atomic mass is 10.2. The van der Waals surface area contributed by atoms with Crippen LogP contribution in [0.4, 0.5) is 4.79 Å². The molecule has 0 radical (unpaired) electrons. The van der Waals surface area contributed by atoms with E-state index in [0.29, 0.717) is 26.1 Å². The fourth-order valence-corrected chi connectivity index (χ4v) is 2.33. The number of nitrogens with zero attached hydrogens (tertiary/aromatic N) is 3. The van der Waals surface area contributed by atoms with Gasteiger partial charge in [0.15, 0.2) is 0 Å². The van der Waals surface area contributed by atoms with Gasteiger partial charge in [-0.15, -0.1) is 0 Å². The van der Waals surface area contributed by atoms with Crippen molar-refractivity contribution < 1.29 is 9.59 Å². The molecule has 3 amide bonds. The number of carbonyl (C=O) groups excluding carboxylic acids is 2. The minimum atomic E-state index is -0.594. The Kier molecular flexibility index (Phi) is 5.51. The Labute approximate surface area is 124 Å². The van der Waals surface area contributed by atoms with Crippen LogP contribution < -0.4 is 11.1 Å². The largest absolute Gasteiger partial charge is 0.352 e. The van der Waals surface area contributed by atoms with E-state index in [9.17, 15) is 9.59 Å². The monoisotopic (exact) mass is 291 g/mol. The number of primary amides is 1. The zero-order valence-corrected chi connectivity index (χ0v) is 12.0. The van der Waals surface area contributed by atoms with E-state index in [1.54, 1.807) is 6.20 Å². The predicted octanol–water partition coefficient (Wildman–Crippen LogP) is -0.216. The molecule has 3 N–H and O–H groups in total. The minimum absolute atomic E-state index is 0.0567. The zero-order chi connectivity index (χ0) is 15.1. The second-order valence-electron chi connectivity index (χ2n) is 5.02. The summed E-state index contributed by atoms with van der Waals surface area (Å²) in [5.41, 5.74) is 6.01. The molecule has 21 heavy (non-hydrogen) atoms. The molecule has 2 heterocycles. The number of rotatable bonds is 5. The van der Waals surface area contributed by atoms with Gasteiger partial charge in [-0.25, -0.2) is 4.79 Å². The summed E-state index contributed by atoms with van der Waals surface area (Å²) in [6.07, 6.45) is 2.09.